The first-order valence-electron chi connectivity index (χ1n) is 9.66. The van der Waals surface area contributed by atoms with Crippen molar-refractivity contribution in [2.45, 2.75) is 13.5 Å². The normalized spacial score (nSPS) is 11.6. The first-order chi connectivity index (χ1) is 14.6. The van der Waals surface area contributed by atoms with Crippen molar-refractivity contribution in [1.82, 2.24) is 4.57 Å². The van der Waals surface area contributed by atoms with E-state index >= 15 is 0 Å². The number of phenols is 1. The van der Waals surface area contributed by atoms with Crippen molar-refractivity contribution in [1.29, 1.82) is 0 Å². The molecule has 0 saturated heterocycles. The minimum absolute atomic E-state index is 0.0528. The average molecular weight is 403 g/mol. The molecule has 0 aliphatic rings. The summed E-state index contributed by atoms with van der Waals surface area (Å²) in [6.45, 7) is 3.36. The lowest BCUT2D eigenvalue weighted by Crippen LogP contribution is -2.05. The molecule has 0 spiro atoms. The molecular formula is C23H21N3O4. The molecule has 0 saturated carbocycles. The molecule has 7 heteroatoms. The maximum Gasteiger partial charge on any atom is 0.299 e. The van der Waals surface area contributed by atoms with Gasteiger partial charge < -0.3 is 19.5 Å². The van der Waals surface area contributed by atoms with E-state index in [-0.39, 0.29) is 22.9 Å². The number of nitrogens with zero attached hydrogens (tertiary/aromatic N) is 3. The van der Waals surface area contributed by atoms with Crippen LogP contribution in [-0.4, -0.2) is 33.9 Å². The van der Waals surface area contributed by atoms with Crippen LogP contribution in [0.4, 0.5) is 5.69 Å². The molecule has 0 aliphatic heterocycles. The molecule has 0 radical (unpaired) electrons. The Labute approximate surface area is 172 Å². The van der Waals surface area contributed by atoms with E-state index in [9.17, 15) is 15.0 Å². The molecule has 2 N–H and O–H groups in total. The van der Waals surface area contributed by atoms with Gasteiger partial charge in [-0.3, -0.25) is 4.79 Å². The molecule has 7 nitrogen and oxygen atoms in total. The third-order valence-electron chi connectivity index (χ3n) is 4.92. The lowest BCUT2D eigenvalue weighted by molar-refractivity contribution is 0.0992. The fourth-order valence-corrected chi connectivity index (χ4v) is 3.45. The van der Waals surface area contributed by atoms with Gasteiger partial charge in [0.2, 0.25) is 5.88 Å². The summed E-state index contributed by atoms with van der Waals surface area (Å²) in [6, 6.07) is 17.8. The summed E-state index contributed by atoms with van der Waals surface area (Å²) >= 11 is 0. The van der Waals surface area contributed by atoms with Crippen molar-refractivity contribution in [3.05, 3.63) is 66.2 Å². The predicted molar refractivity (Wildman–Crippen MR) is 115 cm³/mol. The summed E-state index contributed by atoms with van der Waals surface area (Å²) in [7, 11) is 0. The maximum absolute atomic E-state index is 12.6. The van der Waals surface area contributed by atoms with Gasteiger partial charge in [-0.15, -0.1) is 10.2 Å². The van der Waals surface area contributed by atoms with Crippen LogP contribution in [0.3, 0.4) is 0 Å². The number of fused-ring (bicyclic) bond motifs is 2. The Bertz CT molecular complexity index is 1260. The second kappa shape index (κ2) is 8.34. The van der Waals surface area contributed by atoms with Crippen molar-refractivity contribution in [2.75, 3.05) is 13.2 Å². The number of aromatic hydroxyl groups is 2. The molecular weight excluding hydrogens is 382 g/mol. The van der Waals surface area contributed by atoms with Crippen LogP contribution in [-0.2, 0) is 11.3 Å². The van der Waals surface area contributed by atoms with E-state index in [4.69, 9.17) is 4.74 Å². The number of phenolic OH excluding ortho intramolecular Hbond substituents is 1. The zero-order valence-electron chi connectivity index (χ0n) is 16.4. The van der Waals surface area contributed by atoms with Crippen molar-refractivity contribution in [2.24, 2.45) is 10.2 Å². The largest absolute Gasteiger partial charge is 0.507 e. The van der Waals surface area contributed by atoms with Crippen LogP contribution in [0.5, 0.6) is 11.6 Å². The van der Waals surface area contributed by atoms with Crippen LogP contribution in [0.15, 0.2) is 70.9 Å². The number of amides is 1. The zero-order chi connectivity index (χ0) is 21.1. The zero-order valence-corrected chi connectivity index (χ0v) is 16.4. The lowest BCUT2D eigenvalue weighted by Gasteiger charge is -2.06. The Morgan fingerprint density at radius 3 is 2.50 bits per heavy atom. The molecule has 0 unspecified atom stereocenters. The van der Waals surface area contributed by atoms with Crippen LogP contribution >= 0.6 is 0 Å². The monoisotopic (exact) mass is 403 g/mol. The molecule has 1 heterocycles. The van der Waals surface area contributed by atoms with Gasteiger partial charge in [0.25, 0.3) is 5.91 Å². The first kappa shape index (κ1) is 19.6. The molecule has 0 fully saturated rings. The number of benzene rings is 3. The Hall–Kier alpha value is -3.71. The van der Waals surface area contributed by atoms with Crippen LogP contribution in [0.2, 0.25) is 0 Å². The second-order valence-electron chi connectivity index (χ2n) is 6.76. The minimum Gasteiger partial charge on any atom is -0.507 e. The van der Waals surface area contributed by atoms with Gasteiger partial charge in [-0.25, -0.2) is 0 Å². The Morgan fingerprint density at radius 2 is 1.73 bits per heavy atom. The van der Waals surface area contributed by atoms with E-state index in [0.717, 1.165) is 16.3 Å². The average Bonchev–Trinajstić information content (AvgIpc) is 3.02. The van der Waals surface area contributed by atoms with Gasteiger partial charge >= 0.3 is 0 Å². The van der Waals surface area contributed by atoms with Gasteiger partial charge in [0.05, 0.1) is 17.7 Å². The van der Waals surface area contributed by atoms with Gasteiger partial charge in [-0.2, -0.15) is 0 Å². The SMILES string of the molecule is CCOCCn1c(O)c(N=NC(=O)c2cc3ccccc3cc2O)c2ccccc21. The third-order valence-corrected chi connectivity index (χ3v) is 4.92. The van der Waals surface area contributed by atoms with E-state index in [2.05, 4.69) is 10.2 Å². The first-order valence-corrected chi connectivity index (χ1v) is 9.66. The molecule has 30 heavy (non-hydrogen) atoms. The fourth-order valence-electron chi connectivity index (χ4n) is 3.45. The lowest BCUT2D eigenvalue weighted by atomic mass is 10.1. The highest BCUT2D eigenvalue weighted by atomic mass is 16.5. The van der Waals surface area contributed by atoms with Crippen LogP contribution in [0, 0.1) is 0 Å². The minimum atomic E-state index is -0.691. The molecule has 3 aromatic carbocycles. The van der Waals surface area contributed by atoms with Gasteiger partial charge in [-0.05, 0) is 35.9 Å². The van der Waals surface area contributed by atoms with Crippen LogP contribution in [0.1, 0.15) is 17.3 Å². The number of ether oxygens (including phenoxy) is 1. The van der Waals surface area contributed by atoms with E-state index < -0.39 is 5.91 Å². The molecule has 152 valence electrons. The van der Waals surface area contributed by atoms with E-state index in [1.54, 1.807) is 16.7 Å². The summed E-state index contributed by atoms with van der Waals surface area (Å²) in [4.78, 5) is 12.6. The van der Waals surface area contributed by atoms with Crippen molar-refractivity contribution >= 4 is 33.3 Å². The van der Waals surface area contributed by atoms with E-state index in [0.29, 0.717) is 25.1 Å². The standard InChI is InChI=1S/C23H21N3O4/c1-2-30-12-11-26-19-10-6-5-9-17(19)21(23(26)29)24-25-22(28)18-13-15-7-3-4-8-16(15)14-20(18)27/h3-10,13-14,27,29H,2,11-12H2,1H3. The molecule has 0 bridgehead atoms. The van der Waals surface area contributed by atoms with Gasteiger partial charge in [0.15, 0.2) is 5.69 Å². The summed E-state index contributed by atoms with van der Waals surface area (Å²) in [5.41, 5.74) is 1.03. The summed E-state index contributed by atoms with van der Waals surface area (Å²) in [5, 5.41) is 31.0. The van der Waals surface area contributed by atoms with E-state index in [1.807, 2.05) is 49.4 Å². The van der Waals surface area contributed by atoms with Crippen LogP contribution in [0.25, 0.3) is 21.7 Å². The Balaban J connectivity index is 1.69. The maximum atomic E-state index is 12.6. The highest BCUT2D eigenvalue weighted by molar-refractivity contribution is 6.02. The molecule has 0 aliphatic carbocycles. The molecule has 0 atom stereocenters. The van der Waals surface area contributed by atoms with Gasteiger partial charge in [0, 0.05) is 18.5 Å². The van der Waals surface area contributed by atoms with Crippen molar-refractivity contribution in [3.63, 3.8) is 0 Å². The number of rotatable bonds is 6. The molecule has 1 aromatic heterocycles. The second-order valence-corrected chi connectivity index (χ2v) is 6.76. The molecule has 4 aromatic rings. The number of carbonyl (C=O) groups is 1. The highest BCUT2D eigenvalue weighted by Crippen LogP contribution is 2.39. The highest BCUT2D eigenvalue weighted by Gasteiger charge is 2.18. The quantitative estimate of drug-likeness (QED) is 0.343. The van der Waals surface area contributed by atoms with Crippen molar-refractivity contribution < 1.29 is 19.7 Å². The number of para-hydroxylation sites is 1. The number of hydrogen-bond acceptors (Lipinski definition) is 5. The molecule has 4 rings (SSSR count). The fraction of sp³-hybridized carbons (Fsp3) is 0.174. The summed E-state index contributed by atoms with van der Waals surface area (Å²) in [6.07, 6.45) is 0. The topological polar surface area (TPSA) is 96.4 Å². The number of carbonyl (C=O) groups excluding carboxylic acids is 1. The summed E-state index contributed by atoms with van der Waals surface area (Å²) in [5.74, 6) is -0.944. The van der Waals surface area contributed by atoms with Crippen molar-refractivity contribution in [3.8, 4) is 11.6 Å². The number of hydrogen-bond donors (Lipinski definition) is 2. The Kier molecular flexibility index (Phi) is 5.45. The Morgan fingerprint density at radius 1 is 1.03 bits per heavy atom. The van der Waals surface area contributed by atoms with Gasteiger partial charge in [-0.1, -0.05) is 42.5 Å². The summed E-state index contributed by atoms with van der Waals surface area (Å²) < 4.78 is 7.06. The number of azo groups is 1. The number of aromatic nitrogens is 1. The van der Waals surface area contributed by atoms with E-state index in [1.165, 1.54) is 6.07 Å². The van der Waals surface area contributed by atoms with Gasteiger partial charge in [0.1, 0.15) is 5.75 Å². The smallest absolute Gasteiger partial charge is 0.299 e. The molecule has 1 amide bonds. The van der Waals surface area contributed by atoms with Crippen LogP contribution < -0.4 is 0 Å². The predicted octanol–water partition coefficient (Wildman–Crippen LogP) is 5.17. The third kappa shape index (κ3) is 3.62.